The van der Waals surface area contributed by atoms with Crippen molar-refractivity contribution < 1.29 is 19.2 Å². The molecule has 2 heterocycles. The van der Waals surface area contributed by atoms with Crippen LogP contribution in [0.2, 0.25) is 0 Å². The number of likely N-dealkylation sites (tertiary alicyclic amines) is 1. The van der Waals surface area contributed by atoms with Crippen LogP contribution in [0.3, 0.4) is 0 Å². The van der Waals surface area contributed by atoms with Crippen molar-refractivity contribution in [3.05, 3.63) is 41.2 Å². The molecule has 8 nitrogen and oxygen atoms in total. The first-order valence-electron chi connectivity index (χ1n) is 11.1. The Morgan fingerprint density at radius 1 is 1.28 bits per heavy atom. The Balaban J connectivity index is 1.63. The van der Waals surface area contributed by atoms with Crippen LogP contribution in [0.4, 0.5) is 5.69 Å². The molecule has 1 N–H and O–H groups in total. The summed E-state index contributed by atoms with van der Waals surface area (Å²) in [5.74, 6) is -1.83. The van der Waals surface area contributed by atoms with Crippen molar-refractivity contribution in [3.8, 4) is 0 Å². The van der Waals surface area contributed by atoms with E-state index in [0.717, 1.165) is 5.56 Å². The molecule has 32 heavy (non-hydrogen) atoms. The first-order chi connectivity index (χ1) is 15.2. The number of para-hydroxylation sites is 1. The van der Waals surface area contributed by atoms with E-state index in [9.17, 15) is 19.2 Å². The van der Waals surface area contributed by atoms with Crippen LogP contribution in [-0.4, -0.2) is 59.1 Å². The van der Waals surface area contributed by atoms with E-state index < -0.39 is 29.3 Å². The number of amides is 3. The maximum Gasteiger partial charge on any atom is 0.302 e. The molecule has 2 aliphatic heterocycles. The molecule has 3 aliphatic rings. The van der Waals surface area contributed by atoms with E-state index in [2.05, 4.69) is 10.2 Å². The minimum atomic E-state index is -0.976. The van der Waals surface area contributed by atoms with Gasteiger partial charge in [0.05, 0.1) is 6.42 Å². The average molecular weight is 437 g/mol. The number of nitrogens with zero attached hydrogens (tertiary/aromatic N) is 3. The second-order valence-electron chi connectivity index (χ2n) is 9.56. The Morgan fingerprint density at radius 2 is 1.97 bits per heavy atom. The number of anilines is 1. The van der Waals surface area contributed by atoms with Gasteiger partial charge in [0, 0.05) is 25.2 Å². The molecule has 0 bridgehead atoms. The number of benzene rings is 1. The van der Waals surface area contributed by atoms with E-state index in [1.807, 2.05) is 38.1 Å². The van der Waals surface area contributed by atoms with E-state index in [1.165, 1.54) is 16.8 Å². The summed E-state index contributed by atoms with van der Waals surface area (Å²) >= 11 is 0. The van der Waals surface area contributed by atoms with Gasteiger partial charge in [-0.05, 0) is 36.8 Å². The van der Waals surface area contributed by atoms with Crippen molar-refractivity contribution >= 4 is 29.2 Å². The molecular weight excluding hydrogens is 408 g/mol. The number of hydrogen-bond acceptors (Lipinski definition) is 4. The van der Waals surface area contributed by atoms with Gasteiger partial charge in [-0.3, -0.25) is 28.9 Å². The highest BCUT2D eigenvalue weighted by Crippen LogP contribution is 2.47. The standard InChI is InChI=1S/C24H28N4O4/c1-14(2)11-18(27(4)22(31)20(29)15-9-10-15)21(30)28-13-24(12-19(28)25-3)16-7-5-6-8-17(16)26-23(24)32/h5-8,14-15,18-19H,9-13H2,1-2,4H3,(H,26,32)/t18-,19-,24-/m0/s1. The van der Waals surface area contributed by atoms with Crippen molar-refractivity contribution in [1.29, 1.82) is 0 Å². The van der Waals surface area contributed by atoms with Crippen LogP contribution in [0, 0.1) is 18.4 Å². The average Bonchev–Trinajstić information content (AvgIpc) is 3.50. The summed E-state index contributed by atoms with van der Waals surface area (Å²) in [4.78, 5) is 58.2. The number of carbonyl (C=O) groups excluding carboxylic acids is 4. The number of likely N-dealkylation sites (N-methyl/N-ethyl adjacent to an activating group) is 1. The topological polar surface area (TPSA) is 91.2 Å². The van der Waals surface area contributed by atoms with Crippen molar-refractivity contribution in [3.63, 3.8) is 0 Å². The van der Waals surface area contributed by atoms with Gasteiger partial charge in [-0.25, -0.2) is 6.57 Å². The minimum Gasteiger partial charge on any atom is -0.327 e. The van der Waals surface area contributed by atoms with Crippen LogP contribution < -0.4 is 5.32 Å². The Morgan fingerprint density at radius 3 is 2.59 bits per heavy atom. The van der Waals surface area contributed by atoms with Crippen LogP contribution in [0.15, 0.2) is 24.3 Å². The van der Waals surface area contributed by atoms with Crippen molar-refractivity contribution in [2.24, 2.45) is 11.8 Å². The highest BCUT2D eigenvalue weighted by atomic mass is 16.2. The summed E-state index contributed by atoms with van der Waals surface area (Å²) in [7, 11) is 1.49. The molecular formula is C24H28N4O4. The van der Waals surface area contributed by atoms with E-state index in [4.69, 9.17) is 6.57 Å². The number of Topliss-reactive ketones (excluding diaryl/α,β-unsaturated/α-hetero) is 1. The van der Waals surface area contributed by atoms with Gasteiger partial charge in [-0.2, -0.15) is 0 Å². The van der Waals surface area contributed by atoms with Crippen molar-refractivity contribution in [2.75, 3.05) is 18.9 Å². The predicted octanol–water partition coefficient (Wildman–Crippen LogP) is 2.21. The number of carbonyl (C=O) groups is 4. The Labute approximate surface area is 187 Å². The first-order valence-corrected chi connectivity index (χ1v) is 11.1. The maximum absolute atomic E-state index is 13.7. The lowest BCUT2D eigenvalue weighted by atomic mass is 9.80. The fourth-order valence-corrected chi connectivity index (χ4v) is 4.85. The molecule has 1 aromatic rings. The Kier molecular flexibility index (Phi) is 5.53. The molecule has 8 heteroatoms. The third-order valence-electron chi connectivity index (χ3n) is 6.82. The largest absolute Gasteiger partial charge is 0.327 e. The van der Waals surface area contributed by atoms with Crippen molar-refractivity contribution in [1.82, 2.24) is 9.80 Å². The number of fused-ring (bicyclic) bond motifs is 2. The van der Waals surface area contributed by atoms with Gasteiger partial charge in [0.1, 0.15) is 11.5 Å². The Hall–Kier alpha value is -3.21. The molecule has 3 atom stereocenters. The van der Waals surface area contributed by atoms with Gasteiger partial charge in [0.2, 0.25) is 11.7 Å². The van der Waals surface area contributed by atoms with Crippen molar-refractivity contribution in [2.45, 2.75) is 57.2 Å². The van der Waals surface area contributed by atoms with Crippen LogP contribution >= 0.6 is 0 Å². The third kappa shape index (κ3) is 3.56. The van der Waals surface area contributed by atoms with Gasteiger partial charge >= 0.3 is 6.17 Å². The summed E-state index contributed by atoms with van der Waals surface area (Å²) < 4.78 is 0. The number of ketones is 1. The van der Waals surface area contributed by atoms with Gasteiger partial charge in [-0.15, -0.1) is 0 Å². The van der Waals surface area contributed by atoms with Crippen LogP contribution in [-0.2, 0) is 24.6 Å². The van der Waals surface area contributed by atoms with Gasteiger partial charge in [-0.1, -0.05) is 32.0 Å². The fourth-order valence-electron chi connectivity index (χ4n) is 4.85. The quantitative estimate of drug-likeness (QED) is 0.547. The van der Waals surface area contributed by atoms with E-state index in [0.29, 0.717) is 24.9 Å². The van der Waals surface area contributed by atoms with Gasteiger partial charge < -0.3 is 10.2 Å². The lowest BCUT2D eigenvalue weighted by Gasteiger charge is -2.32. The van der Waals surface area contributed by atoms with Gasteiger partial charge in [0.15, 0.2) is 0 Å². The van der Waals surface area contributed by atoms with E-state index in [-0.39, 0.29) is 36.6 Å². The summed E-state index contributed by atoms with van der Waals surface area (Å²) in [6.45, 7) is 11.7. The van der Waals surface area contributed by atoms with E-state index >= 15 is 0 Å². The molecule has 168 valence electrons. The monoisotopic (exact) mass is 436 g/mol. The van der Waals surface area contributed by atoms with Crippen LogP contribution in [0.1, 0.15) is 45.1 Å². The van der Waals surface area contributed by atoms with Gasteiger partial charge in [0.25, 0.3) is 11.8 Å². The highest BCUT2D eigenvalue weighted by Gasteiger charge is 2.59. The fraction of sp³-hybridized carbons (Fsp3) is 0.542. The number of nitrogens with one attached hydrogen (secondary N) is 1. The summed E-state index contributed by atoms with van der Waals surface area (Å²) in [5, 5.41) is 2.88. The maximum atomic E-state index is 13.7. The number of hydrogen-bond donors (Lipinski definition) is 1. The molecule has 1 spiro atoms. The third-order valence-corrected chi connectivity index (χ3v) is 6.82. The molecule has 0 aromatic heterocycles. The summed E-state index contributed by atoms with van der Waals surface area (Å²) in [6.07, 6.45) is 1.19. The molecule has 0 radical (unpaired) electrons. The first kappa shape index (κ1) is 22.0. The lowest BCUT2D eigenvalue weighted by Crippen LogP contribution is -2.53. The highest BCUT2D eigenvalue weighted by molar-refractivity contribution is 6.37. The smallest absolute Gasteiger partial charge is 0.302 e. The molecule has 1 saturated heterocycles. The lowest BCUT2D eigenvalue weighted by molar-refractivity contribution is -0.151. The zero-order valence-corrected chi connectivity index (χ0v) is 18.6. The van der Waals surface area contributed by atoms with E-state index in [1.54, 1.807) is 0 Å². The Bertz CT molecular complexity index is 1030. The zero-order valence-electron chi connectivity index (χ0n) is 18.6. The molecule has 2 fully saturated rings. The molecule has 1 aromatic carbocycles. The normalized spacial score (nSPS) is 24.8. The molecule has 3 amide bonds. The second-order valence-corrected chi connectivity index (χ2v) is 9.56. The molecule has 1 saturated carbocycles. The minimum absolute atomic E-state index is 0.0783. The van der Waals surface area contributed by atoms with Crippen LogP contribution in [0.5, 0.6) is 0 Å². The SMILES string of the molecule is [C-]#[N+][C@@H]1C[C@@]2(CN1C(=O)[C@H](CC(C)C)N(C)C(=O)C(=O)C1CC1)C(=O)Nc1ccccc12. The predicted molar refractivity (Wildman–Crippen MR) is 117 cm³/mol. The second kappa shape index (κ2) is 8.05. The summed E-state index contributed by atoms with van der Waals surface area (Å²) in [5.41, 5.74) is 0.523. The van der Waals surface area contributed by atoms with Crippen LogP contribution in [0.25, 0.3) is 4.85 Å². The molecule has 4 rings (SSSR count). The molecule has 0 unspecified atom stereocenters. The summed E-state index contributed by atoms with van der Waals surface area (Å²) in [6, 6.07) is 6.49. The zero-order chi connectivity index (χ0) is 23.2. The molecule has 1 aliphatic carbocycles. The number of rotatable bonds is 6.